The third-order valence-electron chi connectivity index (χ3n) is 3.22. The molecular weight excluding hydrogens is 204 g/mol. The Balaban J connectivity index is 1.91. The molecule has 1 unspecified atom stereocenters. The molecule has 1 fully saturated rings. The minimum Gasteiger partial charge on any atom is -0.314 e. The molecule has 0 radical (unpaired) electrons. The highest BCUT2D eigenvalue weighted by Gasteiger charge is 2.17. The quantitative estimate of drug-likeness (QED) is 0.843. The van der Waals surface area contributed by atoms with Crippen LogP contribution in [0.3, 0.4) is 0 Å². The Morgan fingerprint density at radius 1 is 1.47 bits per heavy atom. The molecule has 2 heterocycles. The van der Waals surface area contributed by atoms with Crippen LogP contribution in [0.2, 0.25) is 0 Å². The average Bonchev–Trinajstić information content (AvgIpc) is 2.66. The van der Waals surface area contributed by atoms with Crippen LogP contribution in [0, 0.1) is 6.92 Å². The predicted molar refractivity (Wildman–Crippen MR) is 66.7 cm³/mol. The molecule has 2 nitrogen and oxygen atoms in total. The first-order valence-corrected chi connectivity index (χ1v) is 6.63. The van der Waals surface area contributed by atoms with Crippen LogP contribution in [0.1, 0.15) is 17.4 Å². The summed E-state index contributed by atoms with van der Waals surface area (Å²) in [7, 11) is 0. The maximum absolute atomic E-state index is 3.40. The van der Waals surface area contributed by atoms with Crippen molar-refractivity contribution in [1.29, 1.82) is 0 Å². The number of piperazine rings is 1. The zero-order chi connectivity index (χ0) is 10.7. The van der Waals surface area contributed by atoms with Gasteiger partial charge in [0.2, 0.25) is 0 Å². The summed E-state index contributed by atoms with van der Waals surface area (Å²) in [6.07, 6.45) is 1.21. The zero-order valence-electron chi connectivity index (χ0n) is 9.62. The number of nitrogens with zero attached hydrogens (tertiary/aromatic N) is 1. The van der Waals surface area contributed by atoms with Crippen molar-refractivity contribution in [3.8, 4) is 0 Å². The normalized spacial score (nSPS) is 20.4. The van der Waals surface area contributed by atoms with Crippen molar-refractivity contribution >= 4 is 11.3 Å². The number of hydrogen-bond donors (Lipinski definition) is 1. The van der Waals surface area contributed by atoms with Crippen molar-refractivity contribution < 1.29 is 0 Å². The van der Waals surface area contributed by atoms with E-state index >= 15 is 0 Å². The fourth-order valence-corrected chi connectivity index (χ4v) is 3.16. The molecule has 0 aliphatic carbocycles. The van der Waals surface area contributed by atoms with E-state index in [1.165, 1.54) is 25.1 Å². The van der Waals surface area contributed by atoms with Gasteiger partial charge in [-0.2, -0.15) is 0 Å². The summed E-state index contributed by atoms with van der Waals surface area (Å²) in [5, 5.41) is 5.60. The largest absolute Gasteiger partial charge is 0.314 e. The Labute approximate surface area is 96.3 Å². The van der Waals surface area contributed by atoms with Gasteiger partial charge in [-0.1, -0.05) is 0 Å². The summed E-state index contributed by atoms with van der Waals surface area (Å²) in [5.41, 5.74) is 1.46. The lowest BCUT2D eigenvalue weighted by molar-refractivity contribution is 0.184. The van der Waals surface area contributed by atoms with E-state index in [1.807, 2.05) is 11.3 Å². The first-order chi connectivity index (χ1) is 7.27. The van der Waals surface area contributed by atoms with E-state index in [2.05, 4.69) is 35.5 Å². The smallest absolute Gasteiger partial charge is 0.0116 e. The molecule has 1 aliphatic heterocycles. The molecule has 1 atom stereocenters. The second-order valence-electron chi connectivity index (χ2n) is 4.37. The van der Waals surface area contributed by atoms with Crippen molar-refractivity contribution in [2.24, 2.45) is 0 Å². The molecule has 15 heavy (non-hydrogen) atoms. The Bertz CT molecular complexity index is 302. The van der Waals surface area contributed by atoms with Gasteiger partial charge in [0.1, 0.15) is 0 Å². The maximum atomic E-state index is 3.40. The van der Waals surface area contributed by atoms with Crippen molar-refractivity contribution in [3.63, 3.8) is 0 Å². The summed E-state index contributed by atoms with van der Waals surface area (Å²) in [6.45, 7) is 9.26. The van der Waals surface area contributed by atoms with Gasteiger partial charge in [-0.05, 0) is 37.3 Å². The topological polar surface area (TPSA) is 15.3 Å². The lowest BCUT2D eigenvalue weighted by atomic mass is 10.1. The summed E-state index contributed by atoms with van der Waals surface area (Å²) >= 11 is 1.90. The summed E-state index contributed by atoms with van der Waals surface area (Å²) in [4.78, 5) is 4.15. The molecule has 0 amide bonds. The van der Waals surface area contributed by atoms with Gasteiger partial charge in [0.15, 0.2) is 0 Å². The van der Waals surface area contributed by atoms with Gasteiger partial charge in [0, 0.05) is 37.1 Å². The van der Waals surface area contributed by atoms with Crippen LogP contribution in [-0.4, -0.2) is 37.1 Å². The number of hydrogen-bond acceptors (Lipinski definition) is 3. The maximum Gasteiger partial charge on any atom is 0.0116 e. The van der Waals surface area contributed by atoms with Gasteiger partial charge in [0.05, 0.1) is 0 Å². The van der Waals surface area contributed by atoms with Crippen LogP contribution >= 0.6 is 11.3 Å². The highest BCUT2D eigenvalue weighted by molar-refractivity contribution is 7.10. The van der Waals surface area contributed by atoms with Crippen LogP contribution in [0.25, 0.3) is 0 Å². The molecule has 2 rings (SSSR count). The molecule has 1 saturated heterocycles. The van der Waals surface area contributed by atoms with Crippen LogP contribution in [0.4, 0.5) is 0 Å². The average molecular weight is 224 g/mol. The van der Waals surface area contributed by atoms with E-state index < -0.39 is 0 Å². The van der Waals surface area contributed by atoms with E-state index in [1.54, 1.807) is 4.88 Å². The molecule has 0 spiro atoms. The van der Waals surface area contributed by atoms with E-state index in [4.69, 9.17) is 0 Å². The first kappa shape index (κ1) is 11.1. The minimum absolute atomic E-state index is 0.685. The monoisotopic (exact) mass is 224 g/mol. The van der Waals surface area contributed by atoms with Crippen LogP contribution in [0.5, 0.6) is 0 Å². The molecule has 1 aliphatic rings. The van der Waals surface area contributed by atoms with E-state index in [-0.39, 0.29) is 0 Å². The molecule has 84 valence electrons. The third-order valence-corrected chi connectivity index (χ3v) is 4.27. The zero-order valence-corrected chi connectivity index (χ0v) is 10.4. The first-order valence-electron chi connectivity index (χ1n) is 5.75. The van der Waals surface area contributed by atoms with E-state index in [0.717, 1.165) is 13.1 Å². The fourth-order valence-electron chi connectivity index (χ4n) is 2.13. The molecule has 1 N–H and O–H groups in total. The number of rotatable bonds is 3. The van der Waals surface area contributed by atoms with Crippen molar-refractivity contribution in [3.05, 3.63) is 21.9 Å². The molecular formula is C12H20N2S. The number of aryl methyl sites for hydroxylation is 1. The van der Waals surface area contributed by atoms with Crippen molar-refractivity contribution in [1.82, 2.24) is 10.2 Å². The second-order valence-corrected chi connectivity index (χ2v) is 5.37. The van der Waals surface area contributed by atoms with Gasteiger partial charge in [-0.25, -0.2) is 0 Å². The predicted octanol–water partition coefficient (Wildman–Crippen LogP) is 1.89. The standard InChI is InChI=1S/C12H20N2S/c1-10-3-8-15-12(10)9-11(2)14-6-4-13-5-7-14/h3,8,11,13H,4-7,9H2,1-2H3. The molecule has 1 aromatic heterocycles. The molecule has 0 saturated carbocycles. The Morgan fingerprint density at radius 3 is 2.80 bits per heavy atom. The molecule has 0 bridgehead atoms. The number of thiophene rings is 1. The Kier molecular flexibility index (Phi) is 3.78. The lowest BCUT2D eigenvalue weighted by Gasteiger charge is -2.32. The number of nitrogens with one attached hydrogen (secondary N) is 1. The second kappa shape index (κ2) is 5.10. The van der Waals surface area contributed by atoms with Gasteiger partial charge < -0.3 is 5.32 Å². The minimum atomic E-state index is 0.685. The van der Waals surface area contributed by atoms with Crippen LogP contribution in [-0.2, 0) is 6.42 Å². The van der Waals surface area contributed by atoms with Gasteiger partial charge in [-0.3, -0.25) is 4.90 Å². The molecule has 0 aromatic carbocycles. The Hall–Kier alpha value is -0.380. The van der Waals surface area contributed by atoms with Crippen molar-refractivity contribution in [2.45, 2.75) is 26.3 Å². The summed E-state index contributed by atoms with van der Waals surface area (Å²) in [6, 6.07) is 2.91. The highest BCUT2D eigenvalue weighted by atomic mass is 32.1. The summed E-state index contributed by atoms with van der Waals surface area (Å²) < 4.78 is 0. The molecule has 3 heteroatoms. The van der Waals surface area contributed by atoms with Crippen LogP contribution in [0.15, 0.2) is 11.4 Å². The fraction of sp³-hybridized carbons (Fsp3) is 0.667. The van der Waals surface area contributed by atoms with Gasteiger partial charge in [0.25, 0.3) is 0 Å². The van der Waals surface area contributed by atoms with E-state index in [9.17, 15) is 0 Å². The Morgan fingerprint density at radius 2 is 2.20 bits per heavy atom. The van der Waals surface area contributed by atoms with Crippen LogP contribution < -0.4 is 5.32 Å². The van der Waals surface area contributed by atoms with Gasteiger partial charge in [-0.15, -0.1) is 11.3 Å². The molecule has 1 aromatic rings. The van der Waals surface area contributed by atoms with Crippen molar-refractivity contribution in [2.75, 3.05) is 26.2 Å². The lowest BCUT2D eigenvalue weighted by Crippen LogP contribution is -2.48. The van der Waals surface area contributed by atoms with Gasteiger partial charge >= 0.3 is 0 Å². The third kappa shape index (κ3) is 2.80. The SMILES string of the molecule is Cc1ccsc1CC(C)N1CCNCC1. The highest BCUT2D eigenvalue weighted by Crippen LogP contribution is 2.19. The van der Waals surface area contributed by atoms with E-state index in [0.29, 0.717) is 6.04 Å². The summed E-state index contributed by atoms with van der Waals surface area (Å²) in [5.74, 6) is 0.